The summed E-state index contributed by atoms with van der Waals surface area (Å²) >= 11 is 0. The molecule has 4 atom stereocenters. The fraction of sp³-hybridized carbons (Fsp3) is 0.550. The minimum absolute atomic E-state index is 0.217. The average Bonchev–Trinajstić information content (AvgIpc) is 2.55. The minimum atomic E-state index is -1.34. The average molecular weight is 328 g/mol. The zero-order chi connectivity index (χ0) is 17.5. The summed E-state index contributed by atoms with van der Waals surface area (Å²) < 4.78 is 0. The Morgan fingerprint density at radius 1 is 1.38 bits per heavy atom. The summed E-state index contributed by atoms with van der Waals surface area (Å²) in [6.45, 7) is 3.78. The van der Waals surface area contributed by atoms with E-state index in [1.165, 1.54) is 0 Å². The van der Waals surface area contributed by atoms with Crippen LogP contribution < -0.4 is 0 Å². The summed E-state index contributed by atoms with van der Waals surface area (Å²) in [5.74, 6) is 4.88. The number of aryl methyl sites for hydroxylation is 1. The van der Waals surface area contributed by atoms with Crippen LogP contribution in [0.25, 0.3) is 0 Å². The van der Waals surface area contributed by atoms with Crippen LogP contribution in [0.1, 0.15) is 61.0 Å². The lowest BCUT2D eigenvalue weighted by Crippen LogP contribution is -2.57. The molecule has 4 heteroatoms. The van der Waals surface area contributed by atoms with Gasteiger partial charge in [0.05, 0.1) is 11.7 Å². The van der Waals surface area contributed by atoms with Crippen molar-refractivity contribution in [3.63, 3.8) is 0 Å². The van der Waals surface area contributed by atoms with Crippen molar-refractivity contribution in [3.05, 3.63) is 34.9 Å². The molecule has 0 radical (unpaired) electrons. The summed E-state index contributed by atoms with van der Waals surface area (Å²) in [4.78, 5) is 11.2. The van der Waals surface area contributed by atoms with Gasteiger partial charge in [-0.25, -0.2) is 4.79 Å². The first-order valence-electron chi connectivity index (χ1n) is 8.57. The molecule has 0 aliphatic heterocycles. The van der Waals surface area contributed by atoms with Crippen LogP contribution in [0.2, 0.25) is 0 Å². The fourth-order valence-electron chi connectivity index (χ4n) is 4.82. The molecule has 0 aromatic heterocycles. The molecule has 24 heavy (non-hydrogen) atoms. The van der Waals surface area contributed by atoms with E-state index in [0.717, 1.165) is 30.4 Å². The van der Waals surface area contributed by atoms with Gasteiger partial charge in [0, 0.05) is 5.41 Å². The first kappa shape index (κ1) is 17.0. The number of carboxylic acid groups (broad SMARTS) is 1. The van der Waals surface area contributed by atoms with Gasteiger partial charge in [0.25, 0.3) is 0 Å². The molecular weight excluding hydrogens is 304 g/mol. The smallest absolute Gasteiger partial charge is 0.335 e. The number of hydrogen-bond donors (Lipinski definition) is 3. The molecule has 1 fully saturated rings. The lowest BCUT2D eigenvalue weighted by atomic mass is 9.52. The van der Waals surface area contributed by atoms with Crippen LogP contribution >= 0.6 is 0 Å². The number of aliphatic hydroxyl groups excluding tert-OH is 1. The van der Waals surface area contributed by atoms with Gasteiger partial charge in [0.2, 0.25) is 0 Å². The van der Waals surface area contributed by atoms with E-state index in [1.807, 2.05) is 6.07 Å². The van der Waals surface area contributed by atoms with Gasteiger partial charge in [-0.1, -0.05) is 18.9 Å². The first-order valence-corrected chi connectivity index (χ1v) is 8.57. The highest BCUT2D eigenvalue weighted by Crippen LogP contribution is 2.54. The largest absolute Gasteiger partial charge is 0.478 e. The number of aliphatic hydroxyl groups is 2. The van der Waals surface area contributed by atoms with E-state index in [2.05, 4.69) is 18.8 Å². The third-order valence-electron chi connectivity index (χ3n) is 6.07. The molecule has 2 aliphatic carbocycles. The van der Waals surface area contributed by atoms with Crippen molar-refractivity contribution in [2.75, 3.05) is 0 Å². The van der Waals surface area contributed by atoms with Crippen molar-refractivity contribution in [1.29, 1.82) is 0 Å². The second kappa shape index (κ2) is 5.91. The number of fused-ring (bicyclic) bond motifs is 3. The summed E-state index contributed by atoms with van der Waals surface area (Å²) in [7, 11) is 0. The van der Waals surface area contributed by atoms with E-state index < -0.39 is 17.7 Å². The lowest BCUT2D eigenvalue weighted by Gasteiger charge is -2.53. The highest BCUT2D eigenvalue weighted by Gasteiger charge is 2.54. The van der Waals surface area contributed by atoms with Crippen LogP contribution in [0.3, 0.4) is 0 Å². The van der Waals surface area contributed by atoms with Crippen LogP contribution in [0.15, 0.2) is 18.2 Å². The van der Waals surface area contributed by atoms with Crippen LogP contribution in [-0.2, 0) is 11.8 Å². The van der Waals surface area contributed by atoms with Crippen LogP contribution in [0.5, 0.6) is 0 Å². The van der Waals surface area contributed by atoms with Crippen molar-refractivity contribution in [3.8, 4) is 11.8 Å². The molecule has 128 valence electrons. The third kappa shape index (κ3) is 2.44. The Balaban J connectivity index is 2.06. The predicted octanol–water partition coefficient (Wildman–Crippen LogP) is 2.50. The Kier molecular flexibility index (Phi) is 4.19. The van der Waals surface area contributed by atoms with Crippen molar-refractivity contribution >= 4 is 5.97 Å². The van der Waals surface area contributed by atoms with E-state index in [9.17, 15) is 20.1 Å². The first-order chi connectivity index (χ1) is 11.4. The Morgan fingerprint density at radius 2 is 2.12 bits per heavy atom. The van der Waals surface area contributed by atoms with Gasteiger partial charge in [0.1, 0.15) is 0 Å². The second-order valence-electron chi connectivity index (χ2n) is 7.15. The quantitative estimate of drug-likeness (QED) is 0.729. The molecule has 1 aromatic carbocycles. The van der Waals surface area contributed by atoms with Gasteiger partial charge in [-0.05, 0) is 68.2 Å². The molecule has 0 saturated heterocycles. The predicted molar refractivity (Wildman–Crippen MR) is 90.8 cm³/mol. The zero-order valence-corrected chi connectivity index (χ0v) is 14.2. The molecule has 3 rings (SSSR count). The van der Waals surface area contributed by atoms with Gasteiger partial charge < -0.3 is 15.3 Å². The van der Waals surface area contributed by atoms with E-state index in [1.54, 1.807) is 19.1 Å². The maximum absolute atomic E-state index is 11.2. The number of carbonyl (C=O) groups is 1. The zero-order valence-electron chi connectivity index (χ0n) is 14.2. The SMILES string of the molecule is CC#CC1(O)CC2CCc3cc(C(=O)O)ccc3C2(CC)CC1O. The van der Waals surface area contributed by atoms with Crippen molar-refractivity contribution in [2.45, 2.75) is 63.1 Å². The molecule has 0 amide bonds. The minimum Gasteiger partial charge on any atom is -0.478 e. The van der Waals surface area contributed by atoms with Gasteiger partial charge in [-0.15, -0.1) is 5.92 Å². The highest BCUT2D eigenvalue weighted by molar-refractivity contribution is 5.88. The summed E-state index contributed by atoms with van der Waals surface area (Å²) in [6, 6.07) is 5.33. The Labute approximate surface area is 142 Å². The number of carboxylic acids is 1. The van der Waals surface area contributed by atoms with Gasteiger partial charge >= 0.3 is 5.97 Å². The van der Waals surface area contributed by atoms with Crippen LogP contribution in [0, 0.1) is 17.8 Å². The number of aromatic carboxylic acids is 1. The maximum atomic E-state index is 11.2. The van der Waals surface area contributed by atoms with Crippen molar-refractivity contribution in [2.24, 2.45) is 5.92 Å². The Morgan fingerprint density at radius 3 is 2.75 bits per heavy atom. The maximum Gasteiger partial charge on any atom is 0.335 e. The fourth-order valence-corrected chi connectivity index (χ4v) is 4.82. The standard InChI is InChI=1S/C20H24O4/c1-3-9-20(24)11-15-7-5-13-10-14(18(22)23)6-8-16(13)19(15,4-2)12-17(20)21/h6,8,10,15,17,21,24H,4-5,7,11-12H2,1-2H3,(H,22,23). The van der Waals surface area contributed by atoms with Crippen molar-refractivity contribution < 1.29 is 20.1 Å². The monoisotopic (exact) mass is 328 g/mol. The van der Waals surface area contributed by atoms with Crippen LogP contribution in [-0.4, -0.2) is 33.0 Å². The van der Waals surface area contributed by atoms with Gasteiger partial charge in [-0.3, -0.25) is 0 Å². The molecule has 0 bridgehead atoms. The third-order valence-corrected chi connectivity index (χ3v) is 6.07. The molecule has 4 unspecified atom stereocenters. The number of benzene rings is 1. The lowest BCUT2D eigenvalue weighted by molar-refractivity contribution is -0.106. The van der Waals surface area contributed by atoms with Gasteiger partial charge in [0.15, 0.2) is 5.60 Å². The summed E-state index contributed by atoms with van der Waals surface area (Å²) in [6.07, 6.45) is 2.55. The topological polar surface area (TPSA) is 77.8 Å². The van der Waals surface area contributed by atoms with Crippen LogP contribution in [0.4, 0.5) is 0 Å². The molecule has 3 N–H and O–H groups in total. The molecular formula is C20H24O4. The normalized spacial score (nSPS) is 34.5. The Hall–Kier alpha value is -1.83. The van der Waals surface area contributed by atoms with E-state index >= 15 is 0 Å². The summed E-state index contributed by atoms with van der Waals surface area (Å²) in [5, 5.41) is 30.6. The summed E-state index contributed by atoms with van der Waals surface area (Å²) in [5.41, 5.74) is 0.953. The number of hydrogen-bond acceptors (Lipinski definition) is 3. The van der Waals surface area contributed by atoms with E-state index in [4.69, 9.17) is 0 Å². The molecule has 0 heterocycles. The molecule has 4 nitrogen and oxygen atoms in total. The molecule has 2 aliphatic rings. The molecule has 1 aromatic rings. The van der Waals surface area contributed by atoms with E-state index in [-0.39, 0.29) is 11.3 Å². The van der Waals surface area contributed by atoms with Gasteiger partial charge in [-0.2, -0.15) is 0 Å². The van der Waals surface area contributed by atoms with Crippen molar-refractivity contribution in [1.82, 2.24) is 0 Å². The Bertz CT molecular complexity index is 729. The second-order valence-corrected chi connectivity index (χ2v) is 7.15. The van der Waals surface area contributed by atoms with E-state index in [0.29, 0.717) is 18.4 Å². The number of rotatable bonds is 2. The molecule has 1 saturated carbocycles. The highest BCUT2D eigenvalue weighted by atomic mass is 16.4. The molecule has 0 spiro atoms.